The maximum Gasteiger partial charge on any atom is 0.338 e. The molecule has 0 spiro atoms. The predicted octanol–water partition coefficient (Wildman–Crippen LogP) is 3.54. The standard InChI is InChI=1S/C19H15NO4S2/c1-23-18(22)15-5-3-2-4-13(15)11-24-14-8-6-12(7-9-14)10-16-17(21)20-19(25)26-16/h2-10H,11H2,1H3,(H,20,21,25). The van der Waals surface area contributed by atoms with Crippen molar-refractivity contribution in [3.05, 3.63) is 70.1 Å². The summed E-state index contributed by atoms with van der Waals surface area (Å²) in [5.74, 6) is 0.0852. The summed E-state index contributed by atoms with van der Waals surface area (Å²) >= 11 is 6.21. The maximum absolute atomic E-state index is 11.8. The minimum atomic E-state index is -0.392. The Labute approximate surface area is 160 Å². The Morgan fingerprint density at radius 2 is 1.92 bits per heavy atom. The Morgan fingerprint density at radius 3 is 2.58 bits per heavy atom. The Morgan fingerprint density at radius 1 is 1.19 bits per heavy atom. The molecular formula is C19H15NO4S2. The van der Waals surface area contributed by atoms with Gasteiger partial charge < -0.3 is 14.8 Å². The van der Waals surface area contributed by atoms with Crippen LogP contribution in [0.5, 0.6) is 5.75 Å². The minimum Gasteiger partial charge on any atom is -0.489 e. The molecule has 1 N–H and O–H groups in total. The van der Waals surface area contributed by atoms with E-state index in [0.29, 0.717) is 20.5 Å². The van der Waals surface area contributed by atoms with Gasteiger partial charge in [-0.1, -0.05) is 54.3 Å². The number of carbonyl (C=O) groups excluding carboxylic acids is 2. The van der Waals surface area contributed by atoms with Crippen molar-refractivity contribution in [2.75, 3.05) is 7.11 Å². The lowest BCUT2D eigenvalue weighted by atomic mass is 10.1. The lowest BCUT2D eigenvalue weighted by Gasteiger charge is -2.10. The molecule has 26 heavy (non-hydrogen) atoms. The molecule has 2 aromatic rings. The van der Waals surface area contributed by atoms with E-state index < -0.39 is 5.97 Å². The van der Waals surface area contributed by atoms with Crippen LogP contribution < -0.4 is 10.1 Å². The van der Waals surface area contributed by atoms with Crippen LogP contribution in [0.15, 0.2) is 53.4 Å². The Kier molecular flexibility index (Phi) is 5.70. The Hall–Kier alpha value is -2.64. The van der Waals surface area contributed by atoms with Crippen LogP contribution in [0, 0.1) is 0 Å². The highest BCUT2D eigenvalue weighted by Crippen LogP contribution is 2.26. The highest BCUT2D eigenvalue weighted by atomic mass is 32.2. The zero-order valence-electron chi connectivity index (χ0n) is 13.9. The highest BCUT2D eigenvalue weighted by molar-refractivity contribution is 8.26. The lowest BCUT2D eigenvalue weighted by Crippen LogP contribution is -2.17. The number of rotatable bonds is 5. The third-order valence-corrected chi connectivity index (χ3v) is 4.80. The van der Waals surface area contributed by atoms with Gasteiger partial charge in [0, 0.05) is 5.56 Å². The number of methoxy groups -OCH3 is 1. The number of amides is 1. The number of hydrogen-bond donors (Lipinski definition) is 1. The van der Waals surface area contributed by atoms with E-state index >= 15 is 0 Å². The van der Waals surface area contributed by atoms with Crippen LogP contribution in [-0.2, 0) is 16.1 Å². The Balaban J connectivity index is 1.67. The fourth-order valence-corrected chi connectivity index (χ4v) is 3.39. The molecule has 3 rings (SSSR count). The van der Waals surface area contributed by atoms with E-state index in [1.807, 2.05) is 36.4 Å². The molecular weight excluding hydrogens is 370 g/mol. The van der Waals surface area contributed by atoms with Crippen molar-refractivity contribution in [2.45, 2.75) is 6.61 Å². The minimum absolute atomic E-state index is 0.181. The second-order valence-corrected chi connectivity index (χ2v) is 7.08. The van der Waals surface area contributed by atoms with Crippen molar-refractivity contribution in [1.29, 1.82) is 0 Å². The summed E-state index contributed by atoms with van der Waals surface area (Å²) in [6, 6.07) is 14.5. The summed E-state index contributed by atoms with van der Waals surface area (Å²) in [4.78, 5) is 24.0. The molecule has 5 nitrogen and oxygen atoms in total. The van der Waals surface area contributed by atoms with Gasteiger partial charge in [-0.15, -0.1) is 0 Å². The van der Waals surface area contributed by atoms with E-state index in [9.17, 15) is 9.59 Å². The van der Waals surface area contributed by atoms with E-state index in [1.165, 1.54) is 18.9 Å². The first-order valence-corrected chi connectivity index (χ1v) is 8.93. The van der Waals surface area contributed by atoms with Gasteiger partial charge in [-0.05, 0) is 29.8 Å². The molecule has 0 aromatic heterocycles. The van der Waals surface area contributed by atoms with Crippen LogP contribution in [0.25, 0.3) is 6.08 Å². The first kappa shape index (κ1) is 18.2. The van der Waals surface area contributed by atoms with E-state index in [2.05, 4.69) is 5.32 Å². The topological polar surface area (TPSA) is 64.6 Å². The third-order valence-electron chi connectivity index (χ3n) is 3.64. The smallest absolute Gasteiger partial charge is 0.338 e. The summed E-state index contributed by atoms with van der Waals surface area (Å²) in [7, 11) is 1.35. The van der Waals surface area contributed by atoms with Gasteiger partial charge in [0.05, 0.1) is 17.6 Å². The number of thioether (sulfide) groups is 1. The fraction of sp³-hybridized carbons (Fsp3) is 0.105. The third kappa shape index (κ3) is 4.30. The molecule has 0 radical (unpaired) electrons. The quantitative estimate of drug-likeness (QED) is 0.483. The molecule has 0 saturated carbocycles. The molecule has 132 valence electrons. The van der Waals surface area contributed by atoms with E-state index in [1.54, 1.807) is 18.2 Å². The number of thiocarbonyl (C=S) groups is 1. The summed E-state index contributed by atoms with van der Waals surface area (Å²) in [5, 5.41) is 2.58. The van der Waals surface area contributed by atoms with Crippen molar-refractivity contribution in [3.63, 3.8) is 0 Å². The summed E-state index contributed by atoms with van der Waals surface area (Å²) in [6.07, 6.45) is 1.77. The van der Waals surface area contributed by atoms with E-state index in [4.69, 9.17) is 21.7 Å². The van der Waals surface area contributed by atoms with E-state index in [-0.39, 0.29) is 12.5 Å². The average molecular weight is 385 g/mol. The first-order valence-electron chi connectivity index (χ1n) is 7.71. The summed E-state index contributed by atoms with van der Waals surface area (Å²) < 4.78 is 11.0. The van der Waals surface area contributed by atoms with Crippen LogP contribution in [0.3, 0.4) is 0 Å². The van der Waals surface area contributed by atoms with Crippen LogP contribution >= 0.6 is 24.0 Å². The number of ether oxygens (including phenoxy) is 2. The molecule has 2 aromatic carbocycles. The van der Waals surface area contributed by atoms with Crippen LogP contribution in [0.1, 0.15) is 21.5 Å². The van der Waals surface area contributed by atoms with Gasteiger partial charge in [0.2, 0.25) is 0 Å². The molecule has 1 amide bonds. The SMILES string of the molecule is COC(=O)c1ccccc1COc1ccc(C=C2SC(=S)NC2=O)cc1. The number of hydrogen-bond acceptors (Lipinski definition) is 6. The summed E-state index contributed by atoms with van der Waals surface area (Å²) in [6.45, 7) is 0.248. The van der Waals surface area contributed by atoms with E-state index in [0.717, 1.165) is 11.1 Å². The lowest BCUT2D eigenvalue weighted by molar-refractivity contribution is -0.115. The van der Waals surface area contributed by atoms with Crippen molar-refractivity contribution in [3.8, 4) is 5.75 Å². The molecule has 1 fully saturated rings. The number of carbonyl (C=O) groups is 2. The van der Waals surface area contributed by atoms with Gasteiger partial charge >= 0.3 is 5.97 Å². The van der Waals surface area contributed by atoms with Gasteiger partial charge in [-0.3, -0.25) is 4.79 Å². The molecule has 7 heteroatoms. The van der Waals surface area contributed by atoms with Gasteiger partial charge in [0.25, 0.3) is 5.91 Å². The maximum atomic E-state index is 11.8. The normalized spacial score (nSPS) is 15.0. The number of benzene rings is 2. The van der Waals surface area contributed by atoms with Gasteiger partial charge in [0.1, 0.15) is 16.7 Å². The van der Waals surface area contributed by atoms with Crippen molar-refractivity contribution >= 4 is 46.3 Å². The average Bonchev–Trinajstić information content (AvgIpc) is 2.97. The molecule has 1 aliphatic rings. The Bertz CT molecular complexity index is 891. The van der Waals surface area contributed by atoms with Crippen LogP contribution in [0.2, 0.25) is 0 Å². The molecule has 0 unspecified atom stereocenters. The zero-order valence-corrected chi connectivity index (χ0v) is 15.5. The van der Waals surface area contributed by atoms with Gasteiger partial charge in [-0.25, -0.2) is 4.79 Å². The molecule has 1 heterocycles. The molecule has 0 atom stereocenters. The van der Waals surface area contributed by atoms with Crippen LogP contribution in [-0.4, -0.2) is 23.3 Å². The molecule has 1 saturated heterocycles. The second kappa shape index (κ2) is 8.16. The first-order chi connectivity index (χ1) is 12.6. The number of nitrogens with one attached hydrogen (secondary N) is 1. The highest BCUT2D eigenvalue weighted by Gasteiger charge is 2.21. The number of esters is 1. The zero-order chi connectivity index (χ0) is 18.5. The fourth-order valence-electron chi connectivity index (χ4n) is 2.35. The monoisotopic (exact) mass is 385 g/mol. The van der Waals surface area contributed by atoms with Gasteiger partial charge in [-0.2, -0.15) is 0 Å². The largest absolute Gasteiger partial charge is 0.489 e. The van der Waals surface area contributed by atoms with Crippen molar-refractivity contribution in [2.24, 2.45) is 0 Å². The van der Waals surface area contributed by atoms with Crippen LogP contribution in [0.4, 0.5) is 0 Å². The molecule has 0 bridgehead atoms. The van der Waals surface area contributed by atoms with Crippen molar-refractivity contribution in [1.82, 2.24) is 5.32 Å². The summed E-state index contributed by atoms with van der Waals surface area (Å²) in [5.41, 5.74) is 2.10. The molecule has 0 aliphatic carbocycles. The predicted molar refractivity (Wildman–Crippen MR) is 105 cm³/mol. The van der Waals surface area contributed by atoms with Gasteiger partial charge in [0.15, 0.2) is 0 Å². The van der Waals surface area contributed by atoms with Crippen molar-refractivity contribution < 1.29 is 19.1 Å². The molecule has 1 aliphatic heterocycles. The second-order valence-electron chi connectivity index (χ2n) is 5.36.